The Hall–Kier alpha value is -1.44. The first-order valence-electron chi connectivity index (χ1n) is 8.45. The minimum absolute atomic E-state index is 0.0294. The van der Waals surface area contributed by atoms with Crippen molar-refractivity contribution in [1.82, 2.24) is 9.62 Å². The van der Waals surface area contributed by atoms with Crippen molar-refractivity contribution >= 4 is 15.9 Å². The zero-order valence-corrected chi connectivity index (χ0v) is 15.4. The molecule has 0 spiro atoms. The minimum Gasteiger partial charge on any atom is -0.350 e. The third-order valence-corrected chi connectivity index (χ3v) is 6.69. The molecule has 0 aromatic heterocycles. The second-order valence-corrected chi connectivity index (χ2v) is 8.19. The van der Waals surface area contributed by atoms with Crippen molar-refractivity contribution in [2.75, 3.05) is 19.6 Å². The van der Waals surface area contributed by atoms with E-state index in [0.29, 0.717) is 36.7 Å². The Morgan fingerprint density at radius 2 is 1.96 bits per heavy atom. The van der Waals surface area contributed by atoms with Crippen molar-refractivity contribution < 1.29 is 13.2 Å². The van der Waals surface area contributed by atoms with Gasteiger partial charge in [-0.3, -0.25) is 4.79 Å². The van der Waals surface area contributed by atoms with Gasteiger partial charge in [-0.1, -0.05) is 19.9 Å². The molecule has 0 heterocycles. The molecule has 1 atom stereocenters. The number of aryl methyl sites for hydroxylation is 1. The lowest BCUT2D eigenvalue weighted by Crippen LogP contribution is -2.38. The van der Waals surface area contributed by atoms with Crippen molar-refractivity contribution in [2.45, 2.75) is 44.6 Å². The maximum atomic E-state index is 12.7. The first-order valence-corrected chi connectivity index (χ1v) is 9.89. The molecule has 1 amide bonds. The molecule has 134 valence electrons. The largest absolute Gasteiger partial charge is 0.350 e. The van der Waals surface area contributed by atoms with Gasteiger partial charge in [-0.15, -0.1) is 0 Å². The van der Waals surface area contributed by atoms with Crippen LogP contribution in [-0.4, -0.2) is 44.3 Å². The quantitative estimate of drug-likeness (QED) is 0.740. The molecule has 0 bridgehead atoms. The predicted molar refractivity (Wildman–Crippen MR) is 94.3 cm³/mol. The van der Waals surface area contributed by atoms with Crippen molar-refractivity contribution in [3.8, 4) is 0 Å². The smallest absolute Gasteiger partial charge is 0.251 e. The van der Waals surface area contributed by atoms with E-state index < -0.39 is 10.0 Å². The molecule has 0 radical (unpaired) electrons. The van der Waals surface area contributed by atoms with E-state index in [2.05, 4.69) is 5.32 Å². The number of amides is 1. The average Bonchev–Trinajstić information content (AvgIpc) is 3.38. The standard InChI is InChI=1S/C17H27N3O3S/c1-4-20(5-2)24(22,23)16-10-14(7-6-12(16)3)17(21)19-11-15(18)13-8-9-13/h6-7,10,13,15H,4-5,8-9,11,18H2,1-3H3,(H,19,21). The van der Waals surface area contributed by atoms with Gasteiger partial charge in [0, 0.05) is 31.2 Å². The molecule has 1 aliphatic carbocycles. The molecule has 7 heteroatoms. The van der Waals surface area contributed by atoms with Gasteiger partial charge in [0.2, 0.25) is 10.0 Å². The number of carbonyl (C=O) groups is 1. The molecule has 1 aliphatic rings. The van der Waals surface area contributed by atoms with Crippen LogP contribution in [0.2, 0.25) is 0 Å². The summed E-state index contributed by atoms with van der Waals surface area (Å²) in [5.74, 6) is 0.212. The molecular weight excluding hydrogens is 326 g/mol. The van der Waals surface area contributed by atoms with E-state index in [1.807, 2.05) is 0 Å². The number of rotatable bonds is 8. The van der Waals surface area contributed by atoms with Gasteiger partial charge in [0.15, 0.2) is 0 Å². The van der Waals surface area contributed by atoms with Gasteiger partial charge in [-0.2, -0.15) is 4.31 Å². The topological polar surface area (TPSA) is 92.5 Å². The second kappa shape index (κ2) is 7.63. The number of benzene rings is 1. The summed E-state index contributed by atoms with van der Waals surface area (Å²) >= 11 is 0. The van der Waals surface area contributed by atoms with Crippen LogP contribution < -0.4 is 11.1 Å². The lowest BCUT2D eigenvalue weighted by atomic mass is 10.1. The van der Waals surface area contributed by atoms with Crippen LogP contribution in [-0.2, 0) is 10.0 Å². The van der Waals surface area contributed by atoms with E-state index in [4.69, 9.17) is 5.73 Å². The fourth-order valence-electron chi connectivity index (χ4n) is 2.73. The number of hydrogen-bond donors (Lipinski definition) is 2. The minimum atomic E-state index is -3.59. The van der Waals surface area contributed by atoms with Crippen LogP contribution in [0.3, 0.4) is 0 Å². The molecule has 0 aliphatic heterocycles. The van der Waals surface area contributed by atoms with Crippen LogP contribution in [0.4, 0.5) is 0 Å². The Kier molecular flexibility index (Phi) is 6.01. The van der Waals surface area contributed by atoms with Crippen molar-refractivity contribution in [3.63, 3.8) is 0 Å². The van der Waals surface area contributed by atoms with E-state index in [1.54, 1.807) is 32.9 Å². The average molecular weight is 353 g/mol. The van der Waals surface area contributed by atoms with Gasteiger partial charge in [0.05, 0.1) is 4.90 Å². The second-order valence-electron chi connectivity index (χ2n) is 6.28. The van der Waals surface area contributed by atoms with Gasteiger partial charge in [0.25, 0.3) is 5.91 Å². The predicted octanol–water partition coefficient (Wildman–Crippen LogP) is 1.49. The van der Waals surface area contributed by atoms with E-state index in [0.717, 1.165) is 12.8 Å². The van der Waals surface area contributed by atoms with Gasteiger partial charge in [0.1, 0.15) is 0 Å². The third kappa shape index (κ3) is 4.15. The number of nitrogens with two attached hydrogens (primary N) is 1. The van der Waals surface area contributed by atoms with Crippen LogP contribution in [0.25, 0.3) is 0 Å². The molecule has 24 heavy (non-hydrogen) atoms. The summed E-state index contributed by atoms with van der Waals surface area (Å²) in [7, 11) is -3.59. The fraction of sp³-hybridized carbons (Fsp3) is 0.588. The lowest BCUT2D eigenvalue weighted by molar-refractivity contribution is 0.0950. The number of carbonyl (C=O) groups excluding carboxylic acids is 1. The maximum absolute atomic E-state index is 12.7. The third-order valence-electron chi connectivity index (χ3n) is 4.50. The zero-order valence-electron chi connectivity index (χ0n) is 14.6. The zero-order chi connectivity index (χ0) is 17.9. The Labute approximate surface area is 144 Å². The van der Waals surface area contributed by atoms with E-state index in [-0.39, 0.29) is 16.8 Å². The molecule has 3 N–H and O–H groups in total. The van der Waals surface area contributed by atoms with E-state index >= 15 is 0 Å². The van der Waals surface area contributed by atoms with E-state index in [9.17, 15) is 13.2 Å². The summed E-state index contributed by atoms with van der Waals surface area (Å²) in [6.45, 7) is 6.53. The Morgan fingerprint density at radius 3 is 2.50 bits per heavy atom. The SMILES string of the molecule is CCN(CC)S(=O)(=O)c1cc(C(=O)NCC(N)C2CC2)ccc1C. The number of hydrogen-bond acceptors (Lipinski definition) is 4. The molecule has 1 unspecified atom stereocenters. The first-order chi connectivity index (χ1) is 11.3. The highest BCUT2D eigenvalue weighted by Crippen LogP contribution is 2.31. The van der Waals surface area contributed by atoms with Crippen LogP contribution in [0.15, 0.2) is 23.1 Å². The molecule has 6 nitrogen and oxygen atoms in total. The monoisotopic (exact) mass is 353 g/mol. The van der Waals surface area contributed by atoms with Gasteiger partial charge in [-0.25, -0.2) is 8.42 Å². The molecule has 1 saturated carbocycles. The Bertz CT molecular complexity index is 695. The van der Waals surface area contributed by atoms with E-state index in [1.165, 1.54) is 10.4 Å². The van der Waals surface area contributed by atoms with Crippen LogP contribution in [0.1, 0.15) is 42.6 Å². The van der Waals surface area contributed by atoms with Crippen LogP contribution in [0.5, 0.6) is 0 Å². The summed E-state index contributed by atoms with van der Waals surface area (Å²) in [5.41, 5.74) is 6.96. The molecule has 1 aromatic carbocycles. The highest BCUT2D eigenvalue weighted by molar-refractivity contribution is 7.89. The van der Waals surface area contributed by atoms with Gasteiger partial charge in [-0.05, 0) is 43.4 Å². The summed E-state index contributed by atoms with van der Waals surface area (Å²) in [4.78, 5) is 12.5. The number of nitrogens with zero attached hydrogens (tertiary/aromatic N) is 1. The van der Waals surface area contributed by atoms with Crippen LogP contribution in [0, 0.1) is 12.8 Å². The molecule has 1 aromatic rings. The number of nitrogens with one attached hydrogen (secondary N) is 1. The lowest BCUT2D eigenvalue weighted by Gasteiger charge is -2.20. The summed E-state index contributed by atoms with van der Waals surface area (Å²) in [6, 6.07) is 4.75. The maximum Gasteiger partial charge on any atom is 0.251 e. The molecule has 1 fully saturated rings. The van der Waals surface area contributed by atoms with Crippen LogP contribution >= 0.6 is 0 Å². The van der Waals surface area contributed by atoms with Crippen molar-refractivity contribution in [1.29, 1.82) is 0 Å². The highest BCUT2D eigenvalue weighted by atomic mass is 32.2. The van der Waals surface area contributed by atoms with Crippen molar-refractivity contribution in [3.05, 3.63) is 29.3 Å². The molecule has 2 rings (SSSR count). The van der Waals surface area contributed by atoms with Gasteiger partial charge >= 0.3 is 0 Å². The fourth-order valence-corrected chi connectivity index (χ4v) is 4.43. The molecule has 0 saturated heterocycles. The summed E-state index contributed by atoms with van der Waals surface area (Å²) < 4.78 is 26.8. The summed E-state index contributed by atoms with van der Waals surface area (Å²) in [6.07, 6.45) is 2.24. The highest BCUT2D eigenvalue weighted by Gasteiger charge is 2.29. The number of sulfonamides is 1. The summed E-state index contributed by atoms with van der Waals surface area (Å²) in [5, 5.41) is 2.80. The Balaban J connectivity index is 2.19. The van der Waals surface area contributed by atoms with Crippen molar-refractivity contribution in [2.24, 2.45) is 11.7 Å². The van der Waals surface area contributed by atoms with Gasteiger partial charge < -0.3 is 11.1 Å². The molecular formula is C17H27N3O3S. The first kappa shape index (κ1) is 18.9. The Morgan fingerprint density at radius 1 is 1.33 bits per heavy atom. The normalized spacial score (nSPS) is 16.2.